The Balaban J connectivity index is 1.98. The number of nitro groups is 1. The lowest BCUT2D eigenvalue weighted by atomic mass is 10.1. The molecule has 1 aromatic rings. The summed E-state index contributed by atoms with van der Waals surface area (Å²) in [7, 11) is 0. The predicted octanol–water partition coefficient (Wildman–Crippen LogP) is 2.03. The molecular formula is C12H15BrN4O3. The van der Waals surface area contributed by atoms with E-state index in [2.05, 4.69) is 26.2 Å². The van der Waals surface area contributed by atoms with Crippen molar-refractivity contribution in [2.75, 3.05) is 25.0 Å². The second kappa shape index (κ2) is 6.17. The smallest absolute Gasteiger partial charge is 0.312 e. The lowest BCUT2D eigenvalue weighted by Crippen LogP contribution is -2.27. The molecule has 108 valence electrons. The molecule has 2 rings (SSSR count). The second-order valence-corrected chi connectivity index (χ2v) is 5.69. The summed E-state index contributed by atoms with van der Waals surface area (Å²) in [6.07, 6.45) is 2.42. The average Bonchev–Trinajstić information content (AvgIpc) is 2.86. The van der Waals surface area contributed by atoms with Gasteiger partial charge >= 0.3 is 5.69 Å². The minimum Gasteiger partial charge on any atom is -0.364 e. The number of hydrogen-bond acceptors (Lipinski definition) is 5. The van der Waals surface area contributed by atoms with Crippen LogP contribution in [0.3, 0.4) is 0 Å². The van der Waals surface area contributed by atoms with E-state index < -0.39 is 4.92 Å². The van der Waals surface area contributed by atoms with Crippen molar-refractivity contribution >= 4 is 33.3 Å². The number of aromatic nitrogens is 1. The molecule has 0 spiro atoms. The van der Waals surface area contributed by atoms with Crippen LogP contribution in [0, 0.1) is 16.0 Å². The van der Waals surface area contributed by atoms with Gasteiger partial charge < -0.3 is 10.2 Å². The monoisotopic (exact) mass is 342 g/mol. The van der Waals surface area contributed by atoms with Gasteiger partial charge in [0.2, 0.25) is 11.7 Å². The van der Waals surface area contributed by atoms with Gasteiger partial charge in [0.25, 0.3) is 0 Å². The van der Waals surface area contributed by atoms with E-state index in [1.54, 1.807) is 11.8 Å². The van der Waals surface area contributed by atoms with Gasteiger partial charge in [-0.3, -0.25) is 14.9 Å². The van der Waals surface area contributed by atoms with Gasteiger partial charge in [-0.1, -0.05) is 0 Å². The summed E-state index contributed by atoms with van der Waals surface area (Å²) in [5.74, 6) is 0.628. The lowest BCUT2D eigenvalue weighted by molar-refractivity contribution is -0.384. The van der Waals surface area contributed by atoms with Crippen LogP contribution < -0.4 is 5.32 Å². The van der Waals surface area contributed by atoms with Crippen LogP contribution in [-0.2, 0) is 4.79 Å². The molecule has 8 heteroatoms. The number of anilines is 1. The minimum atomic E-state index is -0.462. The molecule has 1 fully saturated rings. The Labute approximate surface area is 124 Å². The Morgan fingerprint density at radius 1 is 1.70 bits per heavy atom. The number of nitrogens with zero attached hydrogens (tertiary/aromatic N) is 3. The Hall–Kier alpha value is -1.70. The number of halogens is 1. The zero-order valence-electron chi connectivity index (χ0n) is 11.0. The molecule has 1 unspecified atom stereocenters. The number of carbonyl (C=O) groups is 1. The van der Waals surface area contributed by atoms with Crippen molar-refractivity contribution in [1.82, 2.24) is 9.88 Å². The first-order valence-electron chi connectivity index (χ1n) is 6.26. The third-order valence-electron chi connectivity index (χ3n) is 3.32. The molecule has 0 aromatic carbocycles. The molecule has 0 aliphatic carbocycles. The van der Waals surface area contributed by atoms with E-state index in [0.29, 0.717) is 23.5 Å². The summed E-state index contributed by atoms with van der Waals surface area (Å²) in [6.45, 7) is 3.56. The zero-order chi connectivity index (χ0) is 14.7. The van der Waals surface area contributed by atoms with Gasteiger partial charge in [-0.2, -0.15) is 0 Å². The highest BCUT2D eigenvalue weighted by Gasteiger charge is 2.25. The van der Waals surface area contributed by atoms with E-state index in [0.717, 1.165) is 13.0 Å². The number of nitrogens with one attached hydrogen (secondary N) is 1. The number of pyridine rings is 1. The van der Waals surface area contributed by atoms with Crippen LogP contribution in [0.2, 0.25) is 0 Å². The van der Waals surface area contributed by atoms with Crippen LogP contribution in [0.4, 0.5) is 11.5 Å². The van der Waals surface area contributed by atoms with Gasteiger partial charge in [0.15, 0.2) is 0 Å². The van der Waals surface area contributed by atoms with Crippen LogP contribution in [0.25, 0.3) is 0 Å². The lowest BCUT2D eigenvalue weighted by Gasteiger charge is -2.14. The second-order valence-electron chi connectivity index (χ2n) is 4.78. The third-order valence-corrected chi connectivity index (χ3v) is 3.75. The fourth-order valence-electron chi connectivity index (χ4n) is 2.23. The topological polar surface area (TPSA) is 88.4 Å². The largest absolute Gasteiger partial charge is 0.364 e. The Bertz CT molecular complexity index is 537. The van der Waals surface area contributed by atoms with Crippen molar-refractivity contribution in [3.8, 4) is 0 Å². The fraction of sp³-hybridized carbons (Fsp3) is 0.500. The van der Waals surface area contributed by atoms with E-state index in [1.165, 1.54) is 12.3 Å². The molecule has 1 aliphatic rings. The normalized spacial score (nSPS) is 18.1. The van der Waals surface area contributed by atoms with Crippen LogP contribution in [0.5, 0.6) is 0 Å². The van der Waals surface area contributed by atoms with E-state index in [1.807, 2.05) is 0 Å². The number of carbonyl (C=O) groups excluding carboxylic acids is 1. The molecule has 0 saturated carbocycles. The summed E-state index contributed by atoms with van der Waals surface area (Å²) in [6, 6.07) is 1.42. The average molecular weight is 343 g/mol. The van der Waals surface area contributed by atoms with E-state index in [-0.39, 0.29) is 17.4 Å². The quantitative estimate of drug-likeness (QED) is 0.668. The van der Waals surface area contributed by atoms with Crippen molar-refractivity contribution in [1.29, 1.82) is 0 Å². The van der Waals surface area contributed by atoms with Crippen LogP contribution in [0.15, 0.2) is 16.7 Å². The first kappa shape index (κ1) is 14.7. The molecule has 1 aliphatic heterocycles. The number of rotatable bonds is 4. The van der Waals surface area contributed by atoms with Crippen molar-refractivity contribution in [2.45, 2.75) is 13.3 Å². The molecule has 1 saturated heterocycles. The predicted molar refractivity (Wildman–Crippen MR) is 77.4 cm³/mol. The SMILES string of the molecule is CC(=O)N1CCC(CNc2ncc(Br)cc2[N+](=O)[O-])C1. The Morgan fingerprint density at radius 3 is 3.05 bits per heavy atom. The fourth-order valence-corrected chi connectivity index (χ4v) is 2.55. The van der Waals surface area contributed by atoms with Crippen molar-refractivity contribution in [2.24, 2.45) is 5.92 Å². The maximum atomic E-state index is 11.2. The maximum absolute atomic E-state index is 11.2. The van der Waals surface area contributed by atoms with Crippen molar-refractivity contribution in [3.63, 3.8) is 0 Å². The third kappa shape index (κ3) is 3.44. The molecular weight excluding hydrogens is 328 g/mol. The minimum absolute atomic E-state index is 0.0548. The van der Waals surface area contributed by atoms with Gasteiger partial charge in [0, 0.05) is 43.3 Å². The van der Waals surface area contributed by atoms with Gasteiger partial charge in [0.1, 0.15) is 0 Å². The summed E-state index contributed by atoms with van der Waals surface area (Å²) >= 11 is 3.17. The first-order valence-corrected chi connectivity index (χ1v) is 7.06. The zero-order valence-corrected chi connectivity index (χ0v) is 12.6. The molecule has 1 atom stereocenters. The highest BCUT2D eigenvalue weighted by atomic mass is 79.9. The highest BCUT2D eigenvalue weighted by molar-refractivity contribution is 9.10. The standard InChI is InChI=1S/C12H15BrN4O3/c1-8(18)16-3-2-9(7-16)5-14-12-11(17(19)20)4-10(13)6-15-12/h4,6,9H,2-3,5,7H2,1H3,(H,14,15). The van der Waals surface area contributed by atoms with Crippen molar-refractivity contribution in [3.05, 3.63) is 26.9 Å². The van der Waals surface area contributed by atoms with E-state index in [4.69, 9.17) is 0 Å². The Kier molecular flexibility index (Phi) is 4.53. The van der Waals surface area contributed by atoms with Crippen LogP contribution in [-0.4, -0.2) is 40.3 Å². The van der Waals surface area contributed by atoms with Gasteiger partial charge in [-0.25, -0.2) is 4.98 Å². The summed E-state index contributed by atoms with van der Waals surface area (Å²) in [5.41, 5.74) is -0.0548. The molecule has 0 bridgehead atoms. The summed E-state index contributed by atoms with van der Waals surface area (Å²) < 4.78 is 0.568. The molecule has 2 heterocycles. The van der Waals surface area contributed by atoms with Gasteiger partial charge in [0.05, 0.1) is 4.92 Å². The van der Waals surface area contributed by atoms with Crippen LogP contribution >= 0.6 is 15.9 Å². The molecule has 1 N–H and O–H groups in total. The summed E-state index contributed by atoms with van der Waals surface area (Å²) in [5, 5.41) is 14.0. The number of hydrogen-bond donors (Lipinski definition) is 1. The molecule has 0 radical (unpaired) electrons. The van der Waals surface area contributed by atoms with Crippen molar-refractivity contribution < 1.29 is 9.72 Å². The molecule has 1 aromatic heterocycles. The van der Waals surface area contributed by atoms with E-state index >= 15 is 0 Å². The van der Waals surface area contributed by atoms with Crippen LogP contribution in [0.1, 0.15) is 13.3 Å². The maximum Gasteiger partial charge on any atom is 0.312 e. The number of amides is 1. The molecule has 1 amide bonds. The van der Waals surface area contributed by atoms with Gasteiger partial charge in [-0.15, -0.1) is 0 Å². The number of likely N-dealkylation sites (tertiary alicyclic amines) is 1. The molecule has 7 nitrogen and oxygen atoms in total. The molecule has 20 heavy (non-hydrogen) atoms. The van der Waals surface area contributed by atoms with E-state index in [9.17, 15) is 14.9 Å². The Morgan fingerprint density at radius 2 is 2.45 bits per heavy atom. The first-order chi connectivity index (χ1) is 9.47. The highest BCUT2D eigenvalue weighted by Crippen LogP contribution is 2.26. The van der Waals surface area contributed by atoms with Gasteiger partial charge in [-0.05, 0) is 28.3 Å². The summed E-state index contributed by atoms with van der Waals surface area (Å²) in [4.78, 5) is 27.6.